The highest BCUT2D eigenvalue weighted by molar-refractivity contribution is 8.06. The van der Waals surface area contributed by atoms with Crippen LogP contribution in [-0.2, 0) is 14.3 Å². The van der Waals surface area contributed by atoms with E-state index in [0.29, 0.717) is 17.1 Å². The number of hydrogen-bond donors (Lipinski definition) is 0. The first kappa shape index (κ1) is 24.3. The maximum Gasteiger partial charge on any atom is 0.231 e. The van der Waals surface area contributed by atoms with E-state index in [2.05, 4.69) is 6.58 Å². The van der Waals surface area contributed by atoms with Crippen LogP contribution in [0.3, 0.4) is 0 Å². The number of rotatable bonds is 11. The summed E-state index contributed by atoms with van der Waals surface area (Å²) in [5.74, 6) is 0.0176. The van der Waals surface area contributed by atoms with E-state index in [1.807, 2.05) is 38.1 Å². The van der Waals surface area contributed by atoms with Crippen molar-refractivity contribution in [1.29, 1.82) is 0 Å². The number of ether oxygens (including phenoxy) is 3. The van der Waals surface area contributed by atoms with Crippen LogP contribution in [0, 0.1) is 6.92 Å². The second-order valence-corrected chi connectivity index (χ2v) is 7.48. The standard InChI is InChI=1S/C25H27FO4S/c1-5-22(31-6-2)24(28-4)25(23(27)19-11-7-8-12-20(26)17-19)30-15-14-29-21-13-9-10-18(3)16-21/h5-7,9-13,16-17H,2,8,14-15H2,1,3-4H3/b22-5-,25-24+. The van der Waals surface area contributed by atoms with Gasteiger partial charge in [0.2, 0.25) is 11.5 Å². The Labute approximate surface area is 187 Å². The first-order valence-electron chi connectivity index (χ1n) is 9.83. The molecule has 0 fully saturated rings. The Kier molecular flexibility index (Phi) is 9.91. The van der Waals surface area contributed by atoms with Crippen LogP contribution in [0.15, 0.2) is 94.5 Å². The van der Waals surface area contributed by atoms with Crippen molar-refractivity contribution in [3.05, 3.63) is 100 Å². The van der Waals surface area contributed by atoms with Gasteiger partial charge in [0.1, 0.15) is 24.8 Å². The van der Waals surface area contributed by atoms with Gasteiger partial charge in [-0.15, -0.1) is 0 Å². The normalized spacial score (nSPS) is 14.6. The molecule has 0 spiro atoms. The second-order valence-electron chi connectivity index (χ2n) is 6.47. The fourth-order valence-electron chi connectivity index (χ4n) is 2.79. The number of aryl methyl sites for hydroxylation is 1. The molecule has 0 amide bonds. The monoisotopic (exact) mass is 442 g/mol. The average Bonchev–Trinajstić information content (AvgIpc) is 2.98. The predicted octanol–water partition coefficient (Wildman–Crippen LogP) is 6.34. The van der Waals surface area contributed by atoms with Crippen molar-refractivity contribution >= 4 is 17.5 Å². The molecule has 0 saturated heterocycles. The molecule has 0 aromatic heterocycles. The largest absolute Gasteiger partial charge is 0.492 e. The molecule has 0 saturated carbocycles. The molecule has 0 bridgehead atoms. The summed E-state index contributed by atoms with van der Waals surface area (Å²) in [5, 5.41) is 1.63. The van der Waals surface area contributed by atoms with Gasteiger partial charge >= 0.3 is 0 Å². The Bertz CT molecular complexity index is 954. The van der Waals surface area contributed by atoms with E-state index in [9.17, 15) is 9.18 Å². The van der Waals surface area contributed by atoms with Crippen molar-refractivity contribution in [2.24, 2.45) is 0 Å². The Morgan fingerprint density at radius 3 is 2.77 bits per heavy atom. The molecule has 0 atom stereocenters. The molecule has 4 nitrogen and oxygen atoms in total. The highest BCUT2D eigenvalue weighted by Gasteiger charge is 2.24. The molecule has 1 aliphatic rings. The lowest BCUT2D eigenvalue weighted by Crippen LogP contribution is -2.16. The summed E-state index contributed by atoms with van der Waals surface area (Å²) in [5.41, 5.74) is 1.26. The highest BCUT2D eigenvalue weighted by Crippen LogP contribution is 2.30. The number of benzene rings is 1. The minimum atomic E-state index is -0.474. The number of allylic oxidation sites excluding steroid dienone is 7. The van der Waals surface area contributed by atoms with E-state index in [1.165, 1.54) is 31.0 Å². The maximum absolute atomic E-state index is 13.9. The van der Waals surface area contributed by atoms with Gasteiger partial charge in [-0.25, -0.2) is 4.39 Å². The van der Waals surface area contributed by atoms with E-state index in [0.717, 1.165) is 5.56 Å². The first-order chi connectivity index (χ1) is 15.0. The molecule has 1 aromatic rings. The van der Waals surface area contributed by atoms with Crippen molar-refractivity contribution in [1.82, 2.24) is 0 Å². The van der Waals surface area contributed by atoms with Crippen molar-refractivity contribution in [2.75, 3.05) is 20.3 Å². The summed E-state index contributed by atoms with van der Waals surface area (Å²) in [6, 6.07) is 7.65. The number of methoxy groups -OCH3 is 1. The van der Waals surface area contributed by atoms with Crippen molar-refractivity contribution < 1.29 is 23.4 Å². The molecule has 0 radical (unpaired) electrons. The summed E-state index contributed by atoms with van der Waals surface area (Å²) >= 11 is 1.30. The Hall–Kier alpha value is -2.99. The molecule has 0 heterocycles. The van der Waals surface area contributed by atoms with Gasteiger partial charge in [0.05, 0.1) is 12.0 Å². The van der Waals surface area contributed by atoms with E-state index in [1.54, 1.807) is 23.6 Å². The fraction of sp³-hybridized carbons (Fsp3) is 0.240. The van der Waals surface area contributed by atoms with Crippen molar-refractivity contribution in [3.63, 3.8) is 0 Å². The third-order valence-corrected chi connectivity index (χ3v) is 5.04. The quantitative estimate of drug-likeness (QED) is 0.173. The minimum absolute atomic E-state index is 0.0107. The topological polar surface area (TPSA) is 44.8 Å². The number of halogens is 1. The number of thioether (sulfide) groups is 1. The van der Waals surface area contributed by atoms with E-state index in [-0.39, 0.29) is 30.3 Å². The van der Waals surface area contributed by atoms with Crippen LogP contribution < -0.4 is 4.74 Å². The van der Waals surface area contributed by atoms with Gasteiger partial charge in [-0.3, -0.25) is 4.79 Å². The Morgan fingerprint density at radius 2 is 2.10 bits per heavy atom. The summed E-state index contributed by atoms with van der Waals surface area (Å²) < 4.78 is 31.0. The predicted molar refractivity (Wildman–Crippen MR) is 124 cm³/mol. The minimum Gasteiger partial charge on any atom is -0.492 e. The number of hydrogen-bond acceptors (Lipinski definition) is 5. The number of Topliss-reactive ketones (excluding diaryl/α,β-unsaturated/α-hetero) is 1. The second kappa shape index (κ2) is 12.6. The lowest BCUT2D eigenvalue weighted by Gasteiger charge is -2.17. The van der Waals surface area contributed by atoms with E-state index in [4.69, 9.17) is 14.2 Å². The first-order valence-corrected chi connectivity index (χ1v) is 10.7. The van der Waals surface area contributed by atoms with Crippen LogP contribution in [0.2, 0.25) is 0 Å². The third kappa shape index (κ3) is 7.33. The maximum atomic E-state index is 13.9. The molecule has 2 rings (SSSR count). The number of ketones is 1. The van der Waals surface area contributed by atoms with Crippen LogP contribution in [-0.4, -0.2) is 26.1 Å². The van der Waals surface area contributed by atoms with Gasteiger partial charge in [0, 0.05) is 5.57 Å². The summed E-state index contributed by atoms with van der Waals surface area (Å²) in [4.78, 5) is 13.9. The van der Waals surface area contributed by atoms with Gasteiger partial charge in [-0.05, 0) is 55.5 Å². The SMILES string of the molecule is C=CSC(=C\C)/C(OC)=C(\OCCOc1cccc(C)c1)C(=O)C1=CC(F)=CCC=C1. The Balaban J connectivity index is 2.28. The number of carbonyl (C=O) groups is 1. The summed E-state index contributed by atoms with van der Waals surface area (Å²) in [6.07, 6.45) is 8.11. The third-order valence-electron chi connectivity index (χ3n) is 4.20. The molecule has 164 valence electrons. The van der Waals surface area contributed by atoms with Crippen molar-refractivity contribution in [2.45, 2.75) is 20.3 Å². The molecule has 1 aliphatic carbocycles. The summed E-state index contributed by atoms with van der Waals surface area (Å²) in [6.45, 7) is 7.84. The number of carbonyl (C=O) groups excluding carboxylic acids is 1. The van der Waals surface area contributed by atoms with Crippen LogP contribution in [0.5, 0.6) is 5.75 Å². The molecule has 1 aromatic carbocycles. The van der Waals surface area contributed by atoms with E-state index >= 15 is 0 Å². The molecule has 0 N–H and O–H groups in total. The van der Waals surface area contributed by atoms with Gasteiger partial charge in [0.15, 0.2) is 5.76 Å². The summed E-state index contributed by atoms with van der Waals surface area (Å²) in [7, 11) is 1.46. The lowest BCUT2D eigenvalue weighted by molar-refractivity contribution is -0.115. The smallest absolute Gasteiger partial charge is 0.231 e. The zero-order valence-corrected chi connectivity index (χ0v) is 18.8. The highest BCUT2D eigenvalue weighted by atomic mass is 32.2. The molecule has 0 unspecified atom stereocenters. The lowest BCUT2D eigenvalue weighted by atomic mass is 10.1. The molecule has 0 aliphatic heterocycles. The van der Waals surface area contributed by atoms with Crippen LogP contribution >= 0.6 is 11.8 Å². The van der Waals surface area contributed by atoms with Gasteiger partial charge < -0.3 is 14.2 Å². The average molecular weight is 443 g/mol. The van der Waals surface area contributed by atoms with Crippen molar-refractivity contribution in [3.8, 4) is 5.75 Å². The Morgan fingerprint density at radius 1 is 1.29 bits per heavy atom. The van der Waals surface area contributed by atoms with Crippen LogP contribution in [0.1, 0.15) is 18.9 Å². The van der Waals surface area contributed by atoms with Crippen LogP contribution in [0.4, 0.5) is 4.39 Å². The zero-order chi connectivity index (χ0) is 22.6. The van der Waals surface area contributed by atoms with E-state index < -0.39 is 11.6 Å². The van der Waals surface area contributed by atoms with Gasteiger partial charge in [0.25, 0.3) is 0 Å². The van der Waals surface area contributed by atoms with Gasteiger partial charge in [-0.1, -0.05) is 48.7 Å². The molecule has 31 heavy (non-hydrogen) atoms. The van der Waals surface area contributed by atoms with Crippen LogP contribution in [0.25, 0.3) is 0 Å². The van der Waals surface area contributed by atoms with Gasteiger partial charge in [-0.2, -0.15) is 0 Å². The fourth-order valence-corrected chi connectivity index (χ4v) is 3.39. The zero-order valence-electron chi connectivity index (χ0n) is 18.0. The molecular weight excluding hydrogens is 415 g/mol. The molecule has 6 heteroatoms. The molecular formula is C25H27FO4S.